The number of carbonyl (C=O) groups is 2. The number of benzene rings is 2. The van der Waals surface area contributed by atoms with Crippen LogP contribution >= 0.6 is 0 Å². The predicted molar refractivity (Wildman–Crippen MR) is 89.6 cm³/mol. The Morgan fingerprint density at radius 3 is 2.26 bits per heavy atom. The number of methoxy groups -OCH3 is 1. The largest absolute Gasteiger partial charge is 0.467 e. The third kappa shape index (κ3) is 5.43. The molecule has 1 amide bonds. The second kappa shape index (κ2) is 8.54. The molecule has 0 radical (unpaired) electrons. The van der Waals surface area contributed by atoms with Gasteiger partial charge in [-0.1, -0.05) is 60.7 Å². The first-order valence-corrected chi connectivity index (χ1v) is 7.34. The Labute approximate surface area is 135 Å². The number of amides is 1. The van der Waals surface area contributed by atoms with Crippen LogP contribution in [-0.4, -0.2) is 25.0 Å². The van der Waals surface area contributed by atoms with Crippen LogP contribution in [0.15, 0.2) is 66.7 Å². The molecule has 23 heavy (non-hydrogen) atoms. The molecule has 0 aromatic heterocycles. The molecule has 0 spiro atoms. The Bertz CT molecular complexity index is 666. The van der Waals surface area contributed by atoms with Crippen LogP contribution in [0.3, 0.4) is 0 Å². The summed E-state index contributed by atoms with van der Waals surface area (Å²) in [5.74, 6) is -0.796. The first kappa shape index (κ1) is 16.5. The van der Waals surface area contributed by atoms with Crippen molar-refractivity contribution in [3.05, 3.63) is 77.9 Å². The molecular formula is C19H19NO3. The number of rotatable bonds is 6. The third-order valence-corrected chi connectivity index (χ3v) is 3.31. The second-order valence-electron chi connectivity index (χ2n) is 5.02. The van der Waals surface area contributed by atoms with Crippen LogP contribution in [0.25, 0.3) is 6.08 Å². The summed E-state index contributed by atoms with van der Waals surface area (Å²) in [6, 6.07) is 18.3. The highest BCUT2D eigenvalue weighted by Gasteiger charge is 2.20. The molecule has 4 heteroatoms. The van der Waals surface area contributed by atoms with Crippen molar-refractivity contribution in [1.29, 1.82) is 0 Å². The van der Waals surface area contributed by atoms with E-state index in [-0.39, 0.29) is 5.91 Å². The normalized spacial score (nSPS) is 11.9. The van der Waals surface area contributed by atoms with Crippen molar-refractivity contribution >= 4 is 18.0 Å². The van der Waals surface area contributed by atoms with Crippen LogP contribution in [0, 0.1) is 0 Å². The lowest BCUT2D eigenvalue weighted by Crippen LogP contribution is -2.42. The van der Waals surface area contributed by atoms with Crippen molar-refractivity contribution in [2.75, 3.05) is 7.11 Å². The molecule has 118 valence electrons. The first-order valence-electron chi connectivity index (χ1n) is 7.34. The van der Waals surface area contributed by atoms with Gasteiger partial charge in [-0.25, -0.2) is 4.79 Å². The van der Waals surface area contributed by atoms with Gasteiger partial charge < -0.3 is 10.1 Å². The number of ether oxygens (including phenoxy) is 1. The van der Waals surface area contributed by atoms with Crippen molar-refractivity contribution < 1.29 is 14.3 Å². The molecule has 4 nitrogen and oxygen atoms in total. The number of carbonyl (C=O) groups excluding carboxylic acids is 2. The molecule has 2 rings (SSSR count). The molecule has 2 aromatic rings. The van der Waals surface area contributed by atoms with Crippen LogP contribution in [0.2, 0.25) is 0 Å². The van der Waals surface area contributed by atoms with E-state index < -0.39 is 12.0 Å². The smallest absolute Gasteiger partial charge is 0.328 e. The zero-order chi connectivity index (χ0) is 16.5. The van der Waals surface area contributed by atoms with E-state index in [9.17, 15) is 9.59 Å². The zero-order valence-corrected chi connectivity index (χ0v) is 12.9. The summed E-state index contributed by atoms with van der Waals surface area (Å²) < 4.78 is 4.77. The van der Waals surface area contributed by atoms with Gasteiger partial charge in [0.15, 0.2) is 0 Å². The summed E-state index contributed by atoms with van der Waals surface area (Å²) in [5.41, 5.74) is 1.87. The third-order valence-electron chi connectivity index (χ3n) is 3.31. The maximum Gasteiger partial charge on any atom is 0.328 e. The molecule has 1 N–H and O–H groups in total. The fourth-order valence-corrected chi connectivity index (χ4v) is 2.14. The molecule has 1 atom stereocenters. The Balaban J connectivity index is 2.01. The van der Waals surface area contributed by atoms with E-state index in [0.717, 1.165) is 11.1 Å². The second-order valence-corrected chi connectivity index (χ2v) is 5.02. The maximum atomic E-state index is 12.0. The van der Waals surface area contributed by atoms with Gasteiger partial charge in [0.05, 0.1) is 7.11 Å². The van der Waals surface area contributed by atoms with Crippen molar-refractivity contribution in [3.8, 4) is 0 Å². The van der Waals surface area contributed by atoms with E-state index in [4.69, 9.17) is 4.74 Å². The number of hydrogen-bond donors (Lipinski definition) is 1. The SMILES string of the molecule is COC(=O)[C@H](Cc1ccccc1)NC(=O)C=Cc1ccccc1. The monoisotopic (exact) mass is 309 g/mol. The van der Waals surface area contributed by atoms with Gasteiger partial charge in [0, 0.05) is 12.5 Å². The predicted octanol–water partition coefficient (Wildman–Crippen LogP) is 2.60. The minimum absolute atomic E-state index is 0.333. The highest BCUT2D eigenvalue weighted by atomic mass is 16.5. The molecule has 0 unspecified atom stereocenters. The van der Waals surface area contributed by atoms with Crippen LogP contribution < -0.4 is 5.32 Å². The molecule has 0 saturated heterocycles. The van der Waals surface area contributed by atoms with Gasteiger partial charge in [-0.15, -0.1) is 0 Å². The summed E-state index contributed by atoms with van der Waals surface area (Å²) in [4.78, 5) is 23.9. The Kier molecular flexibility index (Phi) is 6.12. The van der Waals surface area contributed by atoms with Crippen LogP contribution in [0.1, 0.15) is 11.1 Å². The summed E-state index contributed by atoms with van der Waals surface area (Å²) in [6.45, 7) is 0. The van der Waals surface area contributed by atoms with Gasteiger partial charge >= 0.3 is 5.97 Å². The quantitative estimate of drug-likeness (QED) is 0.659. The minimum Gasteiger partial charge on any atom is -0.467 e. The molecule has 0 saturated carbocycles. The average Bonchev–Trinajstić information content (AvgIpc) is 2.60. The minimum atomic E-state index is -0.713. The lowest BCUT2D eigenvalue weighted by molar-refractivity contribution is -0.144. The molecule has 0 aliphatic heterocycles. The van der Waals surface area contributed by atoms with Gasteiger partial charge in [0.2, 0.25) is 5.91 Å². The number of nitrogens with one attached hydrogen (secondary N) is 1. The van der Waals surface area contributed by atoms with E-state index in [2.05, 4.69) is 5.32 Å². The summed E-state index contributed by atoms with van der Waals surface area (Å²) in [7, 11) is 1.31. The molecule has 0 aliphatic rings. The summed E-state index contributed by atoms with van der Waals surface area (Å²) in [6.07, 6.45) is 3.50. The molecule has 0 fully saturated rings. The van der Waals surface area contributed by atoms with E-state index >= 15 is 0 Å². The van der Waals surface area contributed by atoms with Gasteiger partial charge in [-0.3, -0.25) is 4.79 Å². The Morgan fingerprint density at radius 2 is 1.65 bits per heavy atom. The lowest BCUT2D eigenvalue weighted by atomic mass is 10.1. The van der Waals surface area contributed by atoms with E-state index in [1.54, 1.807) is 6.08 Å². The van der Waals surface area contributed by atoms with E-state index in [0.29, 0.717) is 6.42 Å². The standard InChI is InChI=1S/C19H19NO3/c1-23-19(22)17(14-16-10-6-3-7-11-16)20-18(21)13-12-15-8-4-2-5-9-15/h2-13,17H,14H2,1H3,(H,20,21)/t17-/m0/s1. The fraction of sp³-hybridized carbons (Fsp3) is 0.158. The van der Waals surface area contributed by atoms with E-state index in [1.807, 2.05) is 60.7 Å². The topological polar surface area (TPSA) is 55.4 Å². The zero-order valence-electron chi connectivity index (χ0n) is 12.9. The molecule has 2 aromatic carbocycles. The molecule has 0 aliphatic carbocycles. The van der Waals surface area contributed by atoms with Crippen LogP contribution in [-0.2, 0) is 20.7 Å². The first-order chi connectivity index (χ1) is 11.2. The fourth-order valence-electron chi connectivity index (χ4n) is 2.14. The Hall–Kier alpha value is -2.88. The van der Waals surface area contributed by atoms with Crippen LogP contribution in [0.4, 0.5) is 0 Å². The van der Waals surface area contributed by atoms with Crippen molar-refractivity contribution in [1.82, 2.24) is 5.32 Å². The van der Waals surface area contributed by atoms with Gasteiger partial charge in [-0.05, 0) is 17.2 Å². The average molecular weight is 309 g/mol. The number of hydrogen-bond acceptors (Lipinski definition) is 3. The summed E-state index contributed by atoms with van der Waals surface area (Å²) >= 11 is 0. The van der Waals surface area contributed by atoms with E-state index in [1.165, 1.54) is 13.2 Å². The van der Waals surface area contributed by atoms with Crippen molar-refractivity contribution in [3.63, 3.8) is 0 Å². The van der Waals surface area contributed by atoms with Gasteiger partial charge in [0.25, 0.3) is 0 Å². The molecular weight excluding hydrogens is 290 g/mol. The van der Waals surface area contributed by atoms with Crippen molar-refractivity contribution in [2.45, 2.75) is 12.5 Å². The lowest BCUT2D eigenvalue weighted by Gasteiger charge is -2.15. The summed E-state index contributed by atoms with van der Waals surface area (Å²) in [5, 5.41) is 2.69. The number of esters is 1. The van der Waals surface area contributed by atoms with Gasteiger partial charge in [-0.2, -0.15) is 0 Å². The highest BCUT2D eigenvalue weighted by Crippen LogP contribution is 2.05. The maximum absolute atomic E-state index is 12.0. The molecule has 0 heterocycles. The highest BCUT2D eigenvalue weighted by molar-refractivity contribution is 5.94. The van der Waals surface area contributed by atoms with Crippen LogP contribution in [0.5, 0.6) is 0 Å². The van der Waals surface area contributed by atoms with Gasteiger partial charge in [0.1, 0.15) is 6.04 Å². The molecule has 0 bridgehead atoms. The Morgan fingerprint density at radius 1 is 1.04 bits per heavy atom. The van der Waals surface area contributed by atoms with Crippen molar-refractivity contribution in [2.24, 2.45) is 0 Å².